The Hall–Kier alpha value is -0.530. The second kappa shape index (κ2) is 12.2. The van der Waals surface area contributed by atoms with Gasteiger partial charge in [0.1, 0.15) is 0 Å². The van der Waals surface area contributed by atoms with Gasteiger partial charge in [-0.1, -0.05) is 71.6 Å². The number of hydrogen-bond acceptors (Lipinski definition) is 2. The van der Waals surface area contributed by atoms with E-state index in [1.54, 1.807) is 0 Å². The van der Waals surface area contributed by atoms with Crippen molar-refractivity contribution in [2.75, 3.05) is 6.61 Å². The molecule has 0 amide bonds. The highest BCUT2D eigenvalue weighted by Crippen LogP contribution is 2.25. The van der Waals surface area contributed by atoms with Crippen LogP contribution in [0.15, 0.2) is 0 Å². The van der Waals surface area contributed by atoms with Crippen LogP contribution in [0.1, 0.15) is 98.3 Å². The summed E-state index contributed by atoms with van der Waals surface area (Å²) < 4.78 is 5.43. The summed E-state index contributed by atoms with van der Waals surface area (Å²) in [6, 6.07) is 0. The molecular weight excluding hydrogens is 248 g/mol. The van der Waals surface area contributed by atoms with Gasteiger partial charge >= 0.3 is 5.97 Å². The third-order valence-electron chi connectivity index (χ3n) is 3.94. The molecule has 0 saturated heterocycles. The van der Waals surface area contributed by atoms with Crippen molar-refractivity contribution in [2.24, 2.45) is 5.41 Å². The fourth-order valence-electron chi connectivity index (χ4n) is 2.34. The standard InChI is InChI=1S/C18H36O2/c1-5-7-9-11-12-14-16-20-17(19)18(3,4)15-13-10-8-6-2/h5-16H2,1-4H3. The van der Waals surface area contributed by atoms with Crippen LogP contribution in [0.5, 0.6) is 0 Å². The number of rotatable bonds is 13. The van der Waals surface area contributed by atoms with Crippen molar-refractivity contribution in [1.82, 2.24) is 0 Å². The molecule has 0 radical (unpaired) electrons. The predicted octanol–water partition coefficient (Wildman–Crippen LogP) is 5.89. The molecule has 0 aliphatic heterocycles. The van der Waals surface area contributed by atoms with Crippen LogP contribution >= 0.6 is 0 Å². The zero-order chi connectivity index (χ0) is 15.3. The zero-order valence-corrected chi connectivity index (χ0v) is 14.3. The monoisotopic (exact) mass is 284 g/mol. The highest BCUT2D eigenvalue weighted by atomic mass is 16.5. The molecular formula is C18H36O2. The molecule has 0 atom stereocenters. The Bertz CT molecular complexity index is 234. The highest BCUT2D eigenvalue weighted by molar-refractivity contribution is 5.75. The van der Waals surface area contributed by atoms with Gasteiger partial charge in [-0.25, -0.2) is 0 Å². The van der Waals surface area contributed by atoms with Gasteiger partial charge in [0.15, 0.2) is 0 Å². The molecule has 2 heteroatoms. The number of unbranched alkanes of at least 4 members (excludes halogenated alkanes) is 8. The van der Waals surface area contributed by atoms with Crippen LogP contribution in [-0.2, 0) is 9.53 Å². The largest absolute Gasteiger partial charge is 0.465 e. The first-order valence-electron chi connectivity index (χ1n) is 8.71. The molecule has 0 spiro atoms. The van der Waals surface area contributed by atoms with Crippen molar-refractivity contribution in [3.05, 3.63) is 0 Å². The maximum Gasteiger partial charge on any atom is 0.311 e. The molecule has 0 heterocycles. The minimum atomic E-state index is -0.310. The molecule has 0 aliphatic carbocycles. The summed E-state index contributed by atoms with van der Waals surface area (Å²) in [5.74, 6) is -0.0115. The van der Waals surface area contributed by atoms with E-state index in [0.717, 1.165) is 19.3 Å². The summed E-state index contributed by atoms with van der Waals surface area (Å²) in [5, 5.41) is 0. The third-order valence-corrected chi connectivity index (χ3v) is 3.94. The predicted molar refractivity (Wildman–Crippen MR) is 86.9 cm³/mol. The number of carbonyl (C=O) groups is 1. The third kappa shape index (κ3) is 10.3. The van der Waals surface area contributed by atoms with Gasteiger partial charge in [0, 0.05) is 0 Å². The summed E-state index contributed by atoms with van der Waals surface area (Å²) in [6.07, 6.45) is 13.2. The molecule has 0 aliphatic rings. The molecule has 0 fully saturated rings. The molecule has 0 aromatic carbocycles. The van der Waals surface area contributed by atoms with E-state index < -0.39 is 0 Å². The van der Waals surface area contributed by atoms with Crippen LogP contribution in [-0.4, -0.2) is 12.6 Å². The van der Waals surface area contributed by atoms with Gasteiger partial charge in [-0.2, -0.15) is 0 Å². The highest BCUT2D eigenvalue weighted by Gasteiger charge is 2.28. The van der Waals surface area contributed by atoms with Crippen molar-refractivity contribution < 1.29 is 9.53 Å². The topological polar surface area (TPSA) is 26.3 Å². The van der Waals surface area contributed by atoms with Crippen molar-refractivity contribution in [3.63, 3.8) is 0 Å². The maximum atomic E-state index is 12.0. The number of carbonyl (C=O) groups excluding carboxylic acids is 1. The molecule has 0 aromatic heterocycles. The quantitative estimate of drug-likeness (QED) is 0.311. The smallest absolute Gasteiger partial charge is 0.311 e. The van der Waals surface area contributed by atoms with Crippen molar-refractivity contribution in [3.8, 4) is 0 Å². The van der Waals surface area contributed by atoms with Crippen molar-refractivity contribution in [2.45, 2.75) is 98.3 Å². The van der Waals surface area contributed by atoms with Crippen molar-refractivity contribution >= 4 is 5.97 Å². The fourth-order valence-corrected chi connectivity index (χ4v) is 2.34. The first kappa shape index (κ1) is 19.5. The van der Waals surface area contributed by atoms with E-state index in [-0.39, 0.29) is 11.4 Å². The Labute approximate surface area is 126 Å². The average molecular weight is 284 g/mol. The van der Waals surface area contributed by atoms with Gasteiger partial charge in [0.2, 0.25) is 0 Å². The summed E-state index contributed by atoms with van der Waals surface area (Å²) in [6.45, 7) is 9.07. The Kier molecular flexibility index (Phi) is 11.9. The lowest BCUT2D eigenvalue weighted by Gasteiger charge is -2.22. The Morgan fingerprint density at radius 2 is 1.30 bits per heavy atom. The summed E-state index contributed by atoms with van der Waals surface area (Å²) in [5.41, 5.74) is -0.310. The molecule has 120 valence electrons. The molecule has 0 aromatic rings. The fraction of sp³-hybridized carbons (Fsp3) is 0.944. The molecule has 0 unspecified atom stereocenters. The van der Waals surface area contributed by atoms with Crippen LogP contribution in [0.4, 0.5) is 0 Å². The number of ether oxygens (including phenoxy) is 1. The van der Waals surface area contributed by atoms with Crippen molar-refractivity contribution in [1.29, 1.82) is 0 Å². The summed E-state index contributed by atoms with van der Waals surface area (Å²) >= 11 is 0. The zero-order valence-electron chi connectivity index (χ0n) is 14.3. The molecule has 0 bridgehead atoms. The molecule has 0 rings (SSSR count). The van der Waals surface area contributed by atoms with Gasteiger partial charge in [-0.3, -0.25) is 4.79 Å². The maximum absolute atomic E-state index is 12.0. The first-order valence-corrected chi connectivity index (χ1v) is 8.71. The van der Waals surface area contributed by atoms with Crippen LogP contribution in [0.3, 0.4) is 0 Å². The van der Waals surface area contributed by atoms with E-state index in [9.17, 15) is 4.79 Å². The van der Waals surface area contributed by atoms with E-state index in [0.29, 0.717) is 6.61 Å². The summed E-state index contributed by atoms with van der Waals surface area (Å²) in [4.78, 5) is 12.0. The van der Waals surface area contributed by atoms with Crippen LogP contribution in [0.25, 0.3) is 0 Å². The Balaban J connectivity index is 3.62. The van der Waals surface area contributed by atoms with E-state index in [4.69, 9.17) is 4.74 Å². The lowest BCUT2D eigenvalue weighted by molar-refractivity contribution is -0.154. The molecule has 0 saturated carbocycles. The minimum absolute atomic E-state index is 0.0115. The van der Waals surface area contributed by atoms with Crippen LogP contribution < -0.4 is 0 Å². The second-order valence-electron chi connectivity index (χ2n) is 6.60. The minimum Gasteiger partial charge on any atom is -0.465 e. The van der Waals surface area contributed by atoms with E-state index in [2.05, 4.69) is 13.8 Å². The molecule has 20 heavy (non-hydrogen) atoms. The number of hydrogen-bond donors (Lipinski definition) is 0. The SMILES string of the molecule is CCCCCCCCOC(=O)C(C)(C)CCCCCC. The van der Waals surface area contributed by atoms with Gasteiger partial charge in [0.25, 0.3) is 0 Å². The van der Waals surface area contributed by atoms with Crippen LogP contribution in [0.2, 0.25) is 0 Å². The summed E-state index contributed by atoms with van der Waals surface area (Å²) in [7, 11) is 0. The van der Waals surface area contributed by atoms with Gasteiger partial charge in [0.05, 0.1) is 12.0 Å². The second-order valence-corrected chi connectivity index (χ2v) is 6.60. The lowest BCUT2D eigenvalue weighted by Crippen LogP contribution is -2.27. The Morgan fingerprint density at radius 1 is 0.800 bits per heavy atom. The Morgan fingerprint density at radius 3 is 1.90 bits per heavy atom. The van der Waals surface area contributed by atoms with Gasteiger partial charge in [-0.05, 0) is 26.7 Å². The van der Waals surface area contributed by atoms with E-state index >= 15 is 0 Å². The molecule has 2 nitrogen and oxygen atoms in total. The lowest BCUT2D eigenvalue weighted by atomic mass is 9.87. The van der Waals surface area contributed by atoms with Crippen LogP contribution in [0, 0.1) is 5.41 Å². The molecule has 0 N–H and O–H groups in total. The van der Waals surface area contributed by atoms with E-state index in [1.165, 1.54) is 51.4 Å². The first-order chi connectivity index (χ1) is 9.54. The van der Waals surface area contributed by atoms with Gasteiger partial charge in [-0.15, -0.1) is 0 Å². The van der Waals surface area contributed by atoms with Gasteiger partial charge < -0.3 is 4.74 Å². The number of esters is 1. The van der Waals surface area contributed by atoms with E-state index in [1.807, 2.05) is 13.8 Å². The average Bonchev–Trinajstić information content (AvgIpc) is 2.42. The normalized spacial score (nSPS) is 11.6.